The first-order chi connectivity index (χ1) is 12.0. The molecule has 10 N–H and O–H groups in total. The average Bonchev–Trinajstić information content (AvgIpc) is 2.50. The minimum absolute atomic E-state index is 0.110. The van der Waals surface area contributed by atoms with Crippen molar-refractivity contribution >= 4 is 42.8 Å². The maximum absolute atomic E-state index is 12.2. The molecule has 0 saturated heterocycles. The van der Waals surface area contributed by atoms with Gasteiger partial charge in [-0.3, -0.25) is 0 Å². The van der Waals surface area contributed by atoms with Crippen molar-refractivity contribution in [3.63, 3.8) is 0 Å². The van der Waals surface area contributed by atoms with E-state index in [9.17, 15) is 16.8 Å². The van der Waals surface area contributed by atoms with Crippen LogP contribution in [0.15, 0.2) is 46.2 Å². The van der Waals surface area contributed by atoms with Gasteiger partial charge in [0.2, 0.25) is 20.0 Å². The molecule has 0 saturated carbocycles. The second-order valence-electron chi connectivity index (χ2n) is 5.47. The Morgan fingerprint density at radius 2 is 0.846 bits per heavy atom. The molecule has 0 unspecified atom stereocenters. The Bertz CT molecular complexity index is 898. The van der Waals surface area contributed by atoms with Crippen LogP contribution in [0.3, 0.4) is 0 Å². The van der Waals surface area contributed by atoms with Gasteiger partial charge >= 0.3 is 0 Å². The number of rotatable bonds is 7. The van der Waals surface area contributed by atoms with Crippen LogP contribution in [0.5, 0.6) is 0 Å². The van der Waals surface area contributed by atoms with Crippen LogP contribution >= 0.6 is 0 Å². The van der Waals surface area contributed by atoms with Gasteiger partial charge in [-0.2, -0.15) is 0 Å². The van der Waals surface area contributed by atoms with E-state index in [1.807, 2.05) is 0 Å². The van der Waals surface area contributed by atoms with Crippen molar-refractivity contribution in [1.82, 2.24) is 9.44 Å². The van der Waals surface area contributed by atoms with Crippen LogP contribution in [0.4, 0.5) is 22.7 Å². The van der Waals surface area contributed by atoms with Crippen LogP contribution in [0.1, 0.15) is 0 Å². The fraction of sp³-hybridized carbons (Fsp3) is 0.143. The van der Waals surface area contributed by atoms with E-state index in [-0.39, 0.29) is 45.6 Å². The Hall–Kier alpha value is -2.54. The topological polar surface area (TPSA) is 196 Å². The Balaban J connectivity index is 2.01. The number of anilines is 4. The molecule has 12 heteroatoms. The van der Waals surface area contributed by atoms with E-state index >= 15 is 0 Å². The Morgan fingerprint density at radius 1 is 0.577 bits per heavy atom. The van der Waals surface area contributed by atoms with Gasteiger partial charge in [0, 0.05) is 35.8 Å². The second kappa shape index (κ2) is 7.37. The predicted octanol–water partition coefficient (Wildman–Crippen LogP) is -0.728. The summed E-state index contributed by atoms with van der Waals surface area (Å²) in [6.07, 6.45) is 0. The summed E-state index contributed by atoms with van der Waals surface area (Å²) in [5.41, 5.74) is 23.1. The molecule has 0 aliphatic rings. The highest BCUT2D eigenvalue weighted by Gasteiger charge is 2.17. The van der Waals surface area contributed by atoms with Crippen LogP contribution in [0.25, 0.3) is 0 Å². The largest absolute Gasteiger partial charge is 0.399 e. The summed E-state index contributed by atoms with van der Waals surface area (Å²) >= 11 is 0. The SMILES string of the molecule is Nc1cc(N)cc(S(=O)(=O)NCCNS(=O)(=O)c2cc(N)cc(N)c2)c1. The Morgan fingerprint density at radius 3 is 1.12 bits per heavy atom. The third-order valence-corrected chi connectivity index (χ3v) is 6.11. The summed E-state index contributed by atoms with van der Waals surface area (Å²) < 4.78 is 53.3. The highest BCUT2D eigenvalue weighted by Crippen LogP contribution is 2.19. The number of sulfonamides is 2. The molecule has 0 fully saturated rings. The summed E-state index contributed by atoms with van der Waals surface area (Å²) in [7, 11) is -7.77. The molecule has 0 spiro atoms. The first kappa shape index (κ1) is 19.8. The van der Waals surface area contributed by atoms with Gasteiger partial charge in [0.1, 0.15) is 0 Å². The van der Waals surface area contributed by atoms with Crippen LogP contribution in [0, 0.1) is 0 Å². The summed E-state index contributed by atoms with van der Waals surface area (Å²) in [6.45, 7) is -0.373. The number of benzene rings is 2. The van der Waals surface area contributed by atoms with Gasteiger partial charge in [0.25, 0.3) is 0 Å². The molecular weight excluding hydrogens is 380 g/mol. The van der Waals surface area contributed by atoms with Gasteiger partial charge in [-0.25, -0.2) is 26.3 Å². The molecule has 0 aliphatic heterocycles. The van der Waals surface area contributed by atoms with E-state index < -0.39 is 20.0 Å². The van der Waals surface area contributed by atoms with Gasteiger partial charge in [-0.15, -0.1) is 0 Å². The number of hydrogen-bond donors (Lipinski definition) is 6. The third-order valence-electron chi connectivity index (χ3n) is 3.23. The highest BCUT2D eigenvalue weighted by molar-refractivity contribution is 7.90. The zero-order valence-corrected chi connectivity index (χ0v) is 15.3. The zero-order chi connectivity index (χ0) is 19.5. The lowest BCUT2D eigenvalue weighted by Gasteiger charge is -2.10. The van der Waals surface area contributed by atoms with E-state index in [4.69, 9.17) is 22.9 Å². The van der Waals surface area contributed by atoms with Gasteiger partial charge in [-0.05, 0) is 36.4 Å². The van der Waals surface area contributed by atoms with Crippen LogP contribution in [-0.4, -0.2) is 29.9 Å². The van der Waals surface area contributed by atoms with Crippen molar-refractivity contribution in [1.29, 1.82) is 0 Å². The number of nitrogen functional groups attached to an aromatic ring is 4. The molecule has 2 aromatic rings. The molecule has 26 heavy (non-hydrogen) atoms. The number of hydrogen-bond acceptors (Lipinski definition) is 8. The van der Waals surface area contributed by atoms with Gasteiger partial charge in [0.05, 0.1) is 9.79 Å². The summed E-state index contributed by atoms with van der Waals surface area (Å²) in [5.74, 6) is 0. The lowest BCUT2D eigenvalue weighted by atomic mass is 10.3. The van der Waals surface area contributed by atoms with E-state index in [1.54, 1.807) is 0 Å². The van der Waals surface area contributed by atoms with Crippen molar-refractivity contribution in [2.45, 2.75) is 9.79 Å². The molecule has 2 aromatic carbocycles. The molecule has 0 aliphatic carbocycles. The lowest BCUT2D eigenvalue weighted by molar-refractivity contribution is 0.570. The maximum atomic E-state index is 12.2. The first-order valence-corrected chi connectivity index (χ1v) is 10.3. The monoisotopic (exact) mass is 400 g/mol. The molecule has 0 heterocycles. The Labute approximate surface area is 151 Å². The molecule has 10 nitrogen and oxygen atoms in total. The smallest absolute Gasteiger partial charge is 0.240 e. The Kier molecular flexibility index (Phi) is 5.61. The van der Waals surface area contributed by atoms with Crippen LogP contribution in [-0.2, 0) is 20.0 Å². The molecule has 0 atom stereocenters. The van der Waals surface area contributed by atoms with Gasteiger partial charge in [0.15, 0.2) is 0 Å². The molecule has 0 aromatic heterocycles. The maximum Gasteiger partial charge on any atom is 0.240 e. The van der Waals surface area contributed by atoms with Crippen molar-refractivity contribution in [2.24, 2.45) is 0 Å². The minimum atomic E-state index is -3.89. The number of nitrogens with one attached hydrogen (secondary N) is 2. The summed E-state index contributed by atoms with van der Waals surface area (Å²) in [4.78, 5) is -0.220. The van der Waals surface area contributed by atoms with Crippen LogP contribution in [0.2, 0.25) is 0 Å². The van der Waals surface area contributed by atoms with Gasteiger partial charge < -0.3 is 22.9 Å². The minimum Gasteiger partial charge on any atom is -0.399 e. The number of nitrogens with two attached hydrogens (primary N) is 4. The van der Waals surface area contributed by atoms with Crippen LogP contribution < -0.4 is 32.4 Å². The molecule has 0 radical (unpaired) electrons. The van der Waals surface area contributed by atoms with Crippen molar-refractivity contribution in [3.8, 4) is 0 Å². The lowest BCUT2D eigenvalue weighted by Crippen LogP contribution is -2.34. The standard InChI is InChI=1S/C14H20N6O4S2/c15-9-3-10(16)6-13(5-9)25(21,22)19-1-2-20-26(23,24)14-7-11(17)4-12(18)8-14/h3-8,19-20H,1-2,15-18H2. The summed E-state index contributed by atoms with van der Waals surface area (Å²) in [6, 6.07) is 7.84. The quantitative estimate of drug-likeness (QED) is 0.258. The van der Waals surface area contributed by atoms with Crippen molar-refractivity contribution in [2.75, 3.05) is 36.0 Å². The van der Waals surface area contributed by atoms with Crippen molar-refractivity contribution < 1.29 is 16.8 Å². The fourth-order valence-corrected chi connectivity index (χ4v) is 4.38. The second-order valence-corrected chi connectivity index (χ2v) is 9.00. The van der Waals surface area contributed by atoms with E-state index in [2.05, 4.69) is 9.44 Å². The average molecular weight is 400 g/mol. The van der Waals surface area contributed by atoms with E-state index in [1.165, 1.54) is 36.4 Å². The van der Waals surface area contributed by atoms with Gasteiger partial charge in [-0.1, -0.05) is 0 Å². The molecule has 142 valence electrons. The third kappa shape index (κ3) is 4.98. The molecule has 0 amide bonds. The normalized spacial score (nSPS) is 12.2. The molecule has 0 bridgehead atoms. The van der Waals surface area contributed by atoms with E-state index in [0.717, 1.165) is 0 Å². The molecule has 2 rings (SSSR count). The highest BCUT2D eigenvalue weighted by atomic mass is 32.2. The predicted molar refractivity (Wildman–Crippen MR) is 101 cm³/mol. The molecular formula is C14H20N6O4S2. The fourth-order valence-electron chi connectivity index (χ4n) is 2.14. The first-order valence-electron chi connectivity index (χ1n) is 7.31. The van der Waals surface area contributed by atoms with E-state index in [0.29, 0.717) is 0 Å². The zero-order valence-electron chi connectivity index (χ0n) is 13.6. The summed E-state index contributed by atoms with van der Waals surface area (Å²) in [5, 5.41) is 0. The van der Waals surface area contributed by atoms with Crippen molar-refractivity contribution in [3.05, 3.63) is 36.4 Å².